The molecule has 0 radical (unpaired) electrons. The molecule has 0 N–H and O–H groups in total. The van der Waals surface area contributed by atoms with E-state index in [4.69, 9.17) is 0 Å². The topological polar surface area (TPSA) is 30.7 Å². The second-order valence-corrected chi connectivity index (χ2v) is 5.73. The van der Waals surface area contributed by atoms with Crippen LogP contribution in [0.3, 0.4) is 0 Å². The molecule has 17 heavy (non-hydrogen) atoms. The molecule has 0 amide bonds. The summed E-state index contributed by atoms with van der Waals surface area (Å²) < 4.78 is 1.91. The van der Waals surface area contributed by atoms with Crippen LogP contribution in [-0.4, -0.2) is 15.0 Å². The Balaban J connectivity index is 2.24. The van der Waals surface area contributed by atoms with Crippen molar-refractivity contribution in [3.63, 3.8) is 0 Å². The quantitative estimate of drug-likeness (QED) is 0.791. The minimum absolute atomic E-state index is 0.220. The number of hydrogen-bond acceptors (Lipinski definition) is 2. The molecule has 0 atom stereocenters. The molecule has 0 fully saturated rings. The molecule has 0 saturated heterocycles. The highest BCUT2D eigenvalue weighted by Crippen LogP contribution is 2.20. The van der Waals surface area contributed by atoms with Crippen molar-refractivity contribution in [3.8, 4) is 11.3 Å². The van der Waals surface area contributed by atoms with Crippen LogP contribution >= 0.6 is 0 Å². The Morgan fingerprint density at radius 3 is 2.65 bits per heavy atom. The van der Waals surface area contributed by atoms with Gasteiger partial charge >= 0.3 is 0 Å². The average Bonchev–Trinajstić information content (AvgIpc) is 2.63. The predicted octanol–water partition coefficient (Wildman–Crippen LogP) is 3.30. The van der Waals surface area contributed by atoms with Gasteiger partial charge in [0.1, 0.15) is 5.69 Å². The number of aryl methyl sites for hydroxylation is 1. The van der Waals surface area contributed by atoms with Crippen LogP contribution in [-0.2, 0) is 6.54 Å². The van der Waals surface area contributed by atoms with Gasteiger partial charge in [0, 0.05) is 12.1 Å². The van der Waals surface area contributed by atoms with Crippen molar-refractivity contribution < 1.29 is 0 Å². The van der Waals surface area contributed by atoms with Gasteiger partial charge in [-0.05, 0) is 18.4 Å². The lowest BCUT2D eigenvalue weighted by molar-refractivity contribution is 0.321. The highest BCUT2D eigenvalue weighted by Gasteiger charge is 2.13. The Morgan fingerprint density at radius 1 is 1.24 bits per heavy atom. The highest BCUT2D eigenvalue weighted by molar-refractivity contribution is 5.58. The average molecular weight is 229 g/mol. The van der Waals surface area contributed by atoms with Gasteiger partial charge in [0.2, 0.25) is 0 Å². The van der Waals surface area contributed by atoms with Crippen molar-refractivity contribution in [3.05, 3.63) is 36.0 Å². The minimum atomic E-state index is 0.220. The molecule has 0 aliphatic rings. The van der Waals surface area contributed by atoms with E-state index < -0.39 is 0 Å². The van der Waals surface area contributed by atoms with E-state index in [-0.39, 0.29) is 5.41 Å². The first kappa shape index (κ1) is 11.8. The van der Waals surface area contributed by atoms with Crippen LogP contribution in [0, 0.1) is 12.3 Å². The van der Waals surface area contributed by atoms with Gasteiger partial charge in [-0.1, -0.05) is 49.7 Å². The highest BCUT2D eigenvalue weighted by atomic mass is 15.4. The lowest BCUT2D eigenvalue weighted by Crippen LogP contribution is -2.15. The summed E-state index contributed by atoms with van der Waals surface area (Å²) in [5.41, 5.74) is 3.54. The van der Waals surface area contributed by atoms with Crippen LogP contribution in [0.1, 0.15) is 26.3 Å². The molecular weight excluding hydrogens is 210 g/mol. The molecule has 0 aliphatic carbocycles. The summed E-state index contributed by atoms with van der Waals surface area (Å²) in [7, 11) is 0. The molecule has 3 nitrogen and oxygen atoms in total. The van der Waals surface area contributed by atoms with Gasteiger partial charge < -0.3 is 0 Å². The van der Waals surface area contributed by atoms with Gasteiger partial charge in [-0.3, -0.25) is 4.68 Å². The lowest BCUT2D eigenvalue weighted by Gasteiger charge is -2.16. The third kappa shape index (κ3) is 3.16. The van der Waals surface area contributed by atoms with E-state index in [0.29, 0.717) is 0 Å². The van der Waals surface area contributed by atoms with Crippen molar-refractivity contribution in [2.24, 2.45) is 5.41 Å². The van der Waals surface area contributed by atoms with E-state index in [0.717, 1.165) is 17.8 Å². The number of rotatable bonds is 2. The van der Waals surface area contributed by atoms with Crippen molar-refractivity contribution in [2.45, 2.75) is 34.2 Å². The molecule has 0 aliphatic heterocycles. The largest absolute Gasteiger partial charge is 0.251 e. The first-order valence-electron chi connectivity index (χ1n) is 5.91. The third-order valence-corrected chi connectivity index (χ3v) is 2.49. The maximum atomic E-state index is 4.22. The molecule has 1 aromatic carbocycles. The zero-order valence-electron chi connectivity index (χ0n) is 10.9. The van der Waals surface area contributed by atoms with Crippen molar-refractivity contribution in [1.29, 1.82) is 0 Å². The molecule has 2 aromatic rings. The van der Waals surface area contributed by atoms with Crippen LogP contribution in [0.15, 0.2) is 30.5 Å². The normalized spacial score (nSPS) is 11.8. The molecule has 0 saturated carbocycles. The Bertz CT molecular complexity index is 506. The maximum absolute atomic E-state index is 4.22. The Hall–Kier alpha value is -1.64. The van der Waals surface area contributed by atoms with E-state index in [1.165, 1.54) is 5.56 Å². The van der Waals surface area contributed by atoms with Gasteiger partial charge in [0.25, 0.3) is 0 Å². The molecule has 1 heterocycles. The fourth-order valence-electron chi connectivity index (χ4n) is 1.80. The van der Waals surface area contributed by atoms with Gasteiger partial charge in [0.15, 0.2) is 0 Å². The summed E-state index contributed by atoms with van der Waals surface area (Å²) in [5, 5.41) is 8.40. The summed E-state index contributed by atoms with van der Waals surface area (Å²) >= 11 is 0. The summed E-state index contributed by atoms with van der Waals surface area (Å²) in [6.07, 6.45) is 2.01. The van der Waals surface area contributed by atoms with E-state index in [1.807, 2.05) is 16.9 Å². The standard InChI is InChI=1S/C14H19N3/c1-11-6-5-7-12(8-11)13-9-17(16-15-13)10-14(2,3)4/h5-9H,10H2,1-4H3. The summed E-state index contributed by atoms with van der Waals surface area (Å²) in [6, 6.07) is 8.33. The Morgan fingerprint density at radius 2 is 2.00 bits per heavy atom. The third-order valence-electron chi connectivity index (χ3n) is 2.49. The first-order chi connectivity index (χ1) is 7.94. The molecule has 1 aromatic heterocycles. The molecule has 3 heteroatoms. The monoisotopic (exact) mass is 229 g/mol. The van der Waals surface area contributed by atoms with Crippen LogP contribution in [0.2, 0.25) is 0 Å². The zero-order valence-corrected chi connectivity index (χ0v) is 10.9. The molecule has 0 unspecified atom stereocenters. The fraction of sp³-hybridized carbons (Fsp3) is 0.429. The number of aromatic nitrogens is 3. The minimum Gasteiger partial charge on any atom is -0.251 e. The van der Waals surface area contributed by atoms with Crippen molar-refractivity contribution in [1.82, 2.24) is 15.0 Å². The Labute approximate surface area is 102 Å². The number of benzene rings is 1. The van der Waals surface area contributed by atoms with Gasteiger partial charge in [-0.15, -0.1) is 5.10 Å². The first-order valence-corrected chi connectivity index (χ1v) is 5.91. The van der Waals surface area contributed by atoms with Crippen LogP contribution in [0.25, 0.3) is 11.3 Å². The number of nitrogens with zero attached hydrogens (tertiary/aromatic N) is 3. The SMILES string of the molecule is Cc1cccc(-c2cn(CC(C)(C)C)nn2)c1. The molecule has 0 spiro atoms. The van der Waals surface area contributed by atoms with Crippen LogP contribution < -0.4 is 0 Å². The molecule has 2 rings (SSSR count). The van der Waals surface area contributed by atoms with Crippen molar-refractivity contribution >= 4 is 0 Å². The van der Waals surface area contributed by atoms with E-state index in [2.05, 4.69) is 56.2 Å². The van der Waals surface area contributed by atoms with Crippen LogP contribution in [0.4, 0.5) is 0 Å². The maximum Gasteiger partial charge on any atom is 0.113 e. The fourth-order valence-corrected chi connectivity index (χ4v) is 1.80. The van der Waals surface area contributed by atoms with Gasteiger partial charge in [-0.2, -0.15) is 0 Å². The second-order valence-electron chi connectivity index (χ2n) is 5.73. The lowest BCUT2D eigenvalue weighted by atomic mass is 9.97. The van der Waals surface area contributed by atoms with E-state index >= 15 is 0 Å². The van der Waals surface area contributed by atoms with Gasteiger partial charge in [0.05, 0.1) is 6.20 Å². The zero-order chi connectivity index (χ0) is 12.5. The Kier molecular flexibility index (Phi) is 3.01. The second kappa shape index (κ2) is 4.32. The van der Waals surface area contributed by atoms with Gasteiger partial charge in [-0.25, -0.2) is 0 Å². The summed E-state index contributed by atoms with van der Waals surface area (Å²) in [5.74, 6) is 0. The summed E-state index contributed by atoms with van der Waals surface area (Å²) in [4.78, 5) is 0. The number of hydrogen-bond donors (Lipinski definition) is 0. The molecule has 0 bridgehead atoms. The summed E-state index contributed by atoms with van der Waals surface area (Å²) in [6.45, 7) is 9.55. The predicted molar refractivity (Wildman–Crippen MR) is 69.7 cm³/mol. The van der Waals surface area contributed by atoms with Crippen molar-refractivity contribution in [2.75, 3.05) is 0 Å². The smallest absolute Gasteiger partial charge is 0.113 e. The van der Waals surface area contributed by atoms with E-state index in [9.17, 15) is 0 Å². The molecule has 90 valence electrons. The molecular formula is C14H19N3. The van der Waals surface area contributed by atoms with Crippen LogP contribution in [0.5, 0.6) is 0 Å². The van der Waals surface area contributed by atoms with E-state index in [1.54, 1.807) is 0 Å².